The summed E-state index contributed by atoms with van der Waals surface area (Å²) in [5, 5.41) is 12.3. The van der Waals surface area contributed by atoms with Crippen LogP contribution in [0.1, 0.15) is 66.6 Å². The summed E-state index contributed by atoms with van der Waals surface area (Å²) in [6.07, 6.45) is 1.70. The monoisotopic (exact) mass is 585 g/mol. The Bertz CT molecular complexity index is 1480. The van der Waals surface area contributed by atoms with E-state index in [1.54, 1.807) is 15.9 Å². The van der Waals surface area contributed by atoms with Gasteiger partial charge >= 0.3 is 0 Å². The molecule has 2 aliphatic heterocycles. The van der Waals surface area contributed by atoms with Gasteiger partial charge in [-0.1, -0.05) is 17.7 Å². The van der Waals surface area contributed by atoms with Crippen molar-refractivity contribution in [2.75, 3.05) is 24.5 Å². The van der Waals surface area contributed by atoms with Crippen LogP contribution in [0.3, 0.4) is 0 Å². The van der Waals surface area contributed by atoms with Crippen molar-refractivity contribution >= 4 is 35.0 Å². The predicted molar refractivity (Wildman–Crippen MR) is 142 cm³/mol. The molecule has 2 aliphatic carbocycles. The molecule has 0 unspecified atom stereocenters. The SMILES string of the molecule is N#CC1(C(=O)N2CC3(C2)C(=O)N(C[C@H]2CC[C@H](NC(=O)c4cc(Cl)cnc4C(F)F)CC2)c2cc(F)ccc23)CC1. The van der Waals surface area contributed by atoms with E-state index >= 15 is 0 Å². The number of fused-ring (bicyclic) bond motifs is 2. The number of nitrogens with one attached hydrogen (secondary N) is 1. The van der Waals surface area contributed by atoms with Crippen molar-refractivity contribution in [1.29, 1.82) is 5.26 Å². The molecule has 2 aromatic rings. The molecule has 1 saturated heterocycles. The lowest BCUT2D eigenvalue weighted by molar-refractivity contribution is -0.147. The van der Waals surface area contributed by atoms with Crippen molar-refractivity contribution in [3.05, 3.63) is 58.1 Å². The Morgan fingerprint density at radius 2 is 1.88 bits per heavy atom. The molecule has 8 nitrogen and oxygen atoms in total. The number of nitrogens with zero attached hydrogens (tertiary/aromatic N) is 4. The van der Waals surface area contributed by atoms with Crippen molar-refractivity contribution in [2.45, 2.75) is 56.4 Å². The van der Waals surface area contributed by atoms with E-state index < -0.39 is 34.7 Å². The third-order valence-corrected chi connectivity index (χ3v) is 9.17. The first-order chi connectivity index (χ1) is 19.6. The smallest absolute Gasteiger partial charge is 0.281 e. The van der Waals surface area contributed by atoms with Crippen molar-refractivity contribution in [3.63, 3.8) is 0 Å². The number of carbonyl (C=O) groups is 3. The lowest BCUT2D eigenvalue weighted by Crippen LogP contribution is -2.66. The zero-order chi connectivity index (χ0) is 29.1. The highest BCUT2D eigenvalue weighted by molar-refractivity contribution is 6.30. The van der Waals surface area contributed by atoms with Crippen LogP contribution in [0.4, 0.5) is 18.9 Å². The van der Waals surface area contributed by atoms with E-state index in [4.69, 9.17) is 11.6 Å². The van der Waals surface area contributed by atoms with Gasteiger partial charge in [0.15, 0.2) is 0 Å². The van der Waals surface area contributed by atoms with Crippen molar-refractivity contribution in [1.82, 2.24) is 15.2 Å². The van der Waals surface area contributed by atoms with Crippen molar-refractivity contribution in [3.8, 4) is 6.07 Å². The first-order valence-electron chi connectivity index (χ1n) is 13.6. The highest BCUT2D eigenvalue weighted by Crippen LogP contribution is 2.52. The topological polar surface area (TPSA) is 106 Å². The van der Waals surface area contributed by atoms with Gasteiger partial charge in [-0.2, -0.15) is 5.26 Å². The molecule has 6 rings (SSSR count). The molecule has 0 radical (unpaired) electrons. The highest BCUT2D eigenvalue weighted by atomic mass is 35.5. The molecule has 0 atom stereocenters. The number of carbonyl (C=O) groups excluding carboxylic acids is 3. The summed E-state index contributed by atoms with van der Waals surface area (Å²) in [6.45, 7) is 0.698. The first kappa shape index (κ1) is 27.5. The zero-order valence-corrected chi connectivity index (χ0v) is 22.8. The van der Waals surface area contributed by atoms with Crippen LogP contribution in [-0.2, 0) is 15.0 Å². The number of nitriles is 1. The van der Waals surface area contributed by atoms with E-state index in [-0.39, 0.29) is 47.4 Å². The third-order valence-electron chi connectivity index (χ3n) is 8.96. The standard InChI is InChI=1S/C29H27ClF3N5O3/c30-17-9-20(23(24(32)33)35-11-17)25(39)36-19-4-1-16(2-5-19)12-38-22-10-18(31)3-6-21(22)29(27(38)41)14-37(15-29)26(40)28(13-34)7-8-28/h3,6,9-11,16,19,24H,1-2,4-5,7-8,12,14-15H2,(H,36,39)/t16-,19-. The van der Waals surface area contributed by atoms with Crippen LogP contribution in [0.5, 0.6) is 0 Å². The summed E-state index contributed by atoms with van der Waals surface area (Å²) in [5.41, 5.74) is -1.58. The lowest BCUT2D eigenvalue weighted by atomic mass is 9.74. The fourth-order valence-electron chi connectivity index (χ4n) is 6.47. The van der Waals surface area contributed by atoms with Crippen LogP contribution in [0.15, 0.2) is 30.5 Å². The number of likely N-dealkylation sites (tertiary alicyclic amines) is 1. The van der Waals surface area contributed by atoms with E-state index in [9.17, 15) is 32.8 Å². The van der Waals surface area contributed by atoms with Crippen molar-refractivity contribution < 1.29 is 27.6 Å². The second-order valence-corrected chi connectivity index (χ2v) is 12.0. The predicted octanol–water partition coefficient (Wildman–Crippen LogP) is 4.53. The molecule has 0 bridgehead atoms. The fourth-order valence-corrected chi connectivity index (χ4v) is 6.63. The largest absolute Gasteiger partial charge is 0.349 e. The zero-order valence-electron chi connectivity index (χ0n) is 22.0. The molecule has 3 amide bonds. The number of hydrogen-bond donors (Lipinski definition) is 1. The average molecular weight is 586 g/mol. The Kier molecular flexibility index (Phi) is 6.72. The first-order valence-corrected chi connectivity index (χ1v) is 14.0. The summed E-state index contributed by atoms with van der Waals surface area (Å²) in [7, 11) is 0. The maximum absolute atomic E-state index is 14.3. The lowest BCUT2D eigenvalue weighted by Gasteiger charge is -2.47. The average Bonchev–Trinajstić information content (AvgIpc) is 3.69. The molecule has 3 fully saturated rings. The highest BCUT2D eigenvalue weighted by Gasteiger charge is 2.63. The van der Waals surface area contributed by atoms with Crippen LogP contribution in [0.2, 0.25) is 5.02 Å². The summed E-state index contributed by atoms with van der Waals surface area (Å²) in [5.74, 6) is -1.46. The quantitative estimate of drug-likeness (QED) is 0.536. The number of rotatable bonds is 6. The number of amides is 3. The second-order valence-electron chi connectivity index (χ2n) is 11.6. The molecule has 3 heterocycles. The summed E-state index contributed by atoms with van der Waals surface area (Å²) >= 11 is 5.88. The van der Waals surface area contributed by atoms with Gasteiger partial charge < -0.3 is 15.1 Å². The number of benzene rings is 1. The van der Waals surface area contributed by atoms with Crippen LogP contribution < -0.4 is 10.2 Å². The molecule has 1 aromatic heterocycles. The van der Waals surface area contributed by atoms with Gasteiger partial charge in [-0.25, -0.2) is 13.2 Å². The van der Waals surface area contributed by atoms with Crippen LogP contribution in [-0.4, -0.2) is 53.3 Å². The van der Waals surface area contributed by atoms with Crippen LogP contribution >= 0.6 is 11.6 Å². The maximum atomic E-state index is 14.3. The van der Waals surface area contributed by atoms with E-state index in [2.05, 4.69) is 16.4 Å². The second kappa shape index (κ2) is 10.0. The molecule has 1 spiro atoms. The number of alkyl halides is 2. The van der Waals surface area contributed by atoms with Gasteiger partial charge in [0.1, 0.15) is 22.3 Å². The maximum Gasteiger partial charge on any atom is 0.281 e. The van der Waals surface area contributed by atoms with Crippen LogP contribution in [0.25, 0.3) is 0 Å². The van der Waals surface area contributed by atoms with E-state index in [1.807, 2.05) is 0 Å². The number of anilines is 1. The Balaban J connectivity index is 1.11. The molecular weight excluding hydrogens is 559 g/mol. The Labute approximate surface area is 239 Å². The van der Waals surface area contributed by atoms with Gasteiger partial charge in [0.25, 0.3) is 12.3 Å². The molecule has 4 aliphatic rings. The van der Waals surface area contributed by atoms with Gasteiger partial charge in [0, 0.05) is 31.9 Å². The molecule has 41 heavy (non-hydrogen) atoms. The molecule has 214 valence electrons. The molecule has 12 heteroatoms. The van der Waals surface area contributed by atoms with Gasteiger partial charge in [-0.05, 0) is 68.2 Å². The van der Waals surface area contributed by atoms with Crippen LogP contribution in [0, 0.1) is 28.5 Å². The van der Waals surface area contributed by atoms with E-state index in [1.165, 1.54) is 18.2 Å². The van der Waals surface area contributed by atoms with Gasteiger partial charge in [0.2, 0.25) is 11.8 Å². The third kappa shape index (κ3) is 4.62. The normalized spacial score (nSPS) is 23.7. The minimum Gasteiger partial charge on any atom is -0.349 e. The number of halogens is 4. The number of pyridine rings is 1. The van der Waals surface area contributed by atoms with Gasteiger partial charge in [-0.3, -0.25) is 19.4 Å². The molecule has 1 aromatic carbocycles. The van der Waals surface area contributed by atoms with Crippen molar-refractivity contribution in [2.24, 2.45) is 11.3 Å². The number of hydrogen-bond acceptors (Lipinski definition) is 5. The molecule has 2 saturated carbocycles. The number of aromatic nitrogens is 1. The van der Waals surface area contributed by atoms with E-state index in [0.717, 1.165) is 6.20 Å². The fraction of sp³-hybridized carbons (Fsp3) is 0.483. The summed E-state index contributed by atoms with van der Waals surface area (Å²) in [4.78, 5) is 46.2. The van der Waals surface area contributed by atoms with E-state index in [0.29, 0.717) is 56.3 Å². The Morgan fingerprint density at radius 3 is 2.51 bits per heavy atom. The summed E-state index contributed by atoms with van der Waals surface area (Å²) in [6, 6.07) is 7.35. The van der Waals surface area contributed by atoms with Gasteiger partial charge in [-0.15, -0.1) is 0 Å². The Hall–Kier alpha value is -3.65. The minimum absolute atomic E-state index is 0.0777. The summed E-state index contributed by atoms with van der Waals surface area (Å²) < 4.78 is 41.0. The molecule has 1 N–H and O–H groups in total. The Morgan fingerprint density at radius 1 is 1.17 bits per heavy atom. The molecular formula is C29H27ClF3N5O3. The minimum atomic E-state index is -2.92. The van der Waals surface area contributed by atoms with Gasteiger partial charge in [0.05, 0.1) is 22.3 Å².